The summed E-state index contributed by atoms with van der Waals surface area (Å²) in [6, 6.07) is 0. The van der Waals surface area contributed by atoms with Gasteiger partial charge < -0.3 is 9.26 Å². The summed E-state index contributed by atoms with van der Waals surface area (Å²) in [5.41, 5.74) is 0.444. The maximum Gasteiger partial charge on any atom is 0.334 e. The highest BCUT2D eigenvalue weighted by Gasteiger charge is 2.28. The van der Waals surface area contributed by atoms with Crippen molar-refractivity contribution in [1.82, 2.24) is 0 Å². The Kier molecular flexibility index (Phi) is 11.1. The summed E-state index contributed by atoms with van der Waals surface area (Å²) < 4.78 is 23.4. The quantitative estimate of drug-likeness (QED) is 0.183. The fraction of sp³-hybridized carbons (Fsp3) is 0.800. The molecule has 0 radical (unpaired) electrons. The van der Waals surface area contributed by atoms with Crippen LogP contribution in [0, 0.1) is 5.92 Å². The lowest BCUT2D eigenvalue weighted by Gasteiger charge is -2.20. The van der Waals surface area contributed by atoms with Crippen molar-refractivity contribution in [2.24, 2.45) is 5.92 Å². The van der Waals surface area contributed by atoms with Crippen LogP contribution in [0.5, 0.6) is 0 Å². The third-order valence-electron chi connectivity index (χ3n) is 2.69. The molecule has 0 rings (SSSR count). The highest BCUT2D eigenvalue weighted by molar-refractivity contribution is 7.59. The van der Waals surface area contributed by atoms with E-state index >= 15 is 0 Å². The molecule has 0 saturated heterocycles. The van der Waals surface area contributed by atoms with Crippen molar-refractivity contribution in [2.75, 3.05) is 31.4 Å². The first-order valence-electron chi connectivity index (χ1n) is 7.53. The molecule has 0 aromatic rings. The number of esters is 1. The van der Waals surface area contributed by atoms with Gasteiger partial charge in [-0.25, -0.2) is 4.79 Å². The first-order chi connectivity index (χ1) is 9.88. The van der Waals surface area contributed by atoms with Crippen molar-refractivity contribution >= 4 is 24.9 Å². The van der Waals surface area contributed by atoms with Gasteiger partial charge in [-0.05, 0) is 32.6 Å². The molecule has 0 fully saturated rings. The fourth-order valence-corrected chi connectivity index (χ4v) is 4.84. The number of hydrogen-bond donors (Lipinski definition) is 0. The molecule has 0 spiro atoms. The first-order valence-corrected chi connectivity index (χ1v) is 10.1. The van der Waals surface area contributed by atoms with Gasteiger partial charge in [0.15, 0.2) is 0 Å². The molecule has 124 valence electrons. The van der Waals surface area contributed by atoms with Crippen molar-refractivity contribution in [3.63, 3.8) is 0 Å². The van der Waals surface area contributed by atoms with E-state index in [0.29, 0.717) is 37.2 Å². The molecule has 0 aliphatic rings. The summed E-state index contributed by atoms with van der Waals surface area (Å²) in [5, 5.41) is 0. The third-order valence-corrected chi connectivity index (χ3v) is 5.79. The molecular formula is C15H28ClO4P. The van der Waals surface area contributed by atoms with Crippen LogP contribution in [0.1, 0.15) is 40.5 Å². The van der Waals surface area contributed by atoms with Crippen molar-refractivity contribution in [3.05, 3.63) is 11.6 Å². The van der Waals surface area contributed by atoms with Crippen LogP contribution >= 0.6 is 19.0 Å². The van der Waals surface area contributed by atoms with Crippen molar-refractivity contribution in [2.45, 2.75) is 40.5 Å². The zero-order chi connectivity index (χ0) is 16.3. The van der Waals surface area contributed by atoms with Gasteiger partial charge in [-0.3, -0.25) is 4.57 Å². The normalized spacial score (nSPS) is 15.0. The van der Waals surface area contributed by atoms with Gasteiger partial charge in [-0.15, -0.1) is 11.6 Å². The topological polar surface area (TPSA) is 52.6 Å². The van der Waals surface area contributed by atoms with E-state index < -0.39 is 13.3 Å². The van der Waals surface area contributed by atoms with Crippen LogP contribution in [0.25, 0.3) is 0 Å². The lowest BCUT2D eigenvalue weighted by molar-refractivity contribution is -0.138. The second-order valence-electron chi connectivity index (χ2n) is 5.25. The molecule has 0 amide bonds. The number of alkyl halides is 1. The fourth-order valence-electron chi connectivity index (χ4n) is 2.00. The number of carbonyl (C=O) groups is 1. The SMILES string of the molecule is CCOC(=O)/C(=C\CCCCl)CP(=O)(CC(C)C)OCC. The van der Waals surface area contributed by atoms with Gasteiger partial charge >= 0.3 is 5.97 Å². The van der Waals surface area contributed by atoms with E-state index in [9.17, 15) is 9.36 Å². The van der Waals surface area contributed by atoms with E-state index in [1.54, 1.807) is 13.0 Å². The summed E-state index contributed by atoms with van der Waals surface area (Å²) in [5.74, 6) is 0.367. The predicted octanol–water partition coefficient (Wildman–Crippen LogP) is 4.47. The molecule has 0 saturated carbocycles. The van der Waals surface area contributed by atoms with Gasteiger partial charge in [-0.1, -0.05) is 19.9 Å². The van der Waals surface area contributed by atoms with Gasteiger partial charge in [0.05, 0.1) is 19.4 Å². The maximum absolute atomic E-state index is 12.9. The standard InChI is InChI=1S/C15H28ClO4P/c1-5-19-15(17)14(9-7-8-10-16)12-21(18,20-6-2)11-13(3)4/h9,13H,5-8,10-12H2,1-4H3/b14-9-. The predicted molar refractivity (Wildman–Crippen MR) is 88.5 cm³/mol. The average molecular weight is 339 g/mol. The lowest BCUT2D eigenvalue weighted by atomic mass is 10.2. The highest BCUT2D eigenvalue weighted by atomic mass is 35.5. The van der Waals surface area contributed by atoms with Gasteiger partial charge in [0, 0.05) is 17.6 Å². The molecule has 0 heterocycles. The molecule has 0 aliphatic heterocycles. The molecule has 0 aromatic carbocycles. The van der Waals surface area contributed by atoms with Crippen LogP contribution in [-0.2, 0) is 18.6 Å². The second-order valence-corrected chi connectivity index (χ2v) is 8.19. The van der Waals surface area contributed by atoms with E-state index in [1.807, 2.05) is 20.8 Å². The van der Waals surface area contributed by atoms with E-state index in [1.165, 1.54) is 0 Å². The summed E-state index contributed by atoms with van der Waals surface area (Å²) in [4.78, 5) is 12.0. The summed E-state index contributed by atoms with van der Waals surface area (Å²) in [6.45, 7) is 8.23. The molecule has 0 N–H and O–H groups in total. The molecular weight excluding hydrogens is 311 g/mol. The largest absolute Gasteiger partial charge is 0.463 e. The van der Waals surface area contributed by atoms with Gasteiger partial charge in [-0.2, -0.15) is 0 Å². The van der Waals surface area contributed by atoms with E-state index in [-0.39, 0.29) is 12.1 Å². The van der Waals surface area contributed by atoms with E-state index in [4.69, 9.17) is 20.9 Å². The molecule has 0 aromatic heterocycles. The molecule has 6 heteroatoms. The Labute approximate surface area is 133 Å². The number of ether oxygens (including phenoxy) is 1. The number of hydrogen-bond acceptors (Lipinski definition) is 4. The first kappa shape index (κ1) is 20.7. The Hall–Kier alpha value is -0.310. The summed E-state index contributed by atoms with van der Waals surface area (Å²) >= 11 is 5.65. The average Bonchev–Trinajstić information content (AvgIpc) is 2.37. The molecule has 1 atom stereocenters. The lowest BCUT2D eigenvalue weighted by Crippen LogP contribution is -2.14. The Morgan fingerprint density at radius 2 is 1.95 bits per heavy atom. The number of halogens is 1. The Bertz CT molecular complexity index is 380. The Balaban J connectivity index is 5.07. The zero-order valence-electron chi connectivity index (χ0n) is 13.6. The van der Waals surface area contributed by atoms with E-state index in [0.717, 1.165) is 6.42 Å². The molecule has 1 unspecified atom stereocenters. The van der Waals surface area contributed by atoms with Crippen molar-refractivity contribution in [3.8, 4) is 0 Å². The number of unbranched alkanes of at least 4 members (excludes halogenated alkanes) is 1. The van der Waals surface area contributed by atoms with Gasteiger partial charge in [0.25, 0.3) is 0 Å². The minimum Gasteiger partial charge on any atom is -0.463 e. The number of rotatable bonds is 11. The van der Waals surface area contributed by atoms with Gasteiger partial charge in [0.2, 0.25) is 7.37 Å². The smallest absolute Gasteiger partial charge is 0.334 e. The van der Waals surface area contributed by atoms with Gasteiger partial charge in [0.1, 0.15) is 0 Å². The number of allylic oxidation sites excluding steroid dienone is 1. The van der Waals surface area contributed by atoms with Crippen LogP contribution in [0.4, 0.5) is 0 Å². The number of carbonyl (C=O) groups excluding carboxylic acids is 1. The molecule has 0 bridgehead atoms. The zero-order valence-corrected chi connectivity index (χ0v) is 15.2. The Morgan fingerprint density at radius 3 is 2.43 bits per heavy atom. The van der Waals surface area contributed by atoms with Crippen LogP contribution in [-0.4, -0.2) is 37.4 Å². The molecule has 0 aliphatic carbocycles. The monoisotopic (exact) mass is 338 g/mol. The highest BCUT2D eigenvalue weighted by Crippen LogP contribution is 2.50. The van der Waals surface area contributed by atoms with Crippen molar-refractivity contribution < 1.29 is 18.6 Å². The second kappa shape index (κ2) is 11.3. The molecule has 21 heavy (non-hydrogen) atoms. The van der Waals surface area contributed by atoms with Crippen LogP contribution in [0.15, 0.2) is 11.6 Å². The maximum atomic E-state index is 12.9. The minimum absolute atomic E-state index is 0.139. The Morgan fingerprint density at radius 1 is 1.29 bits per heavy atom. The van der Waals surface area contributed by atoms with Crippen LogP contribution < -0.4 is 0 Å². The molecule has 4 nitrogen and oxygen atoms in total. The van der Waals surface area contributed by atoms with Crippen molar-refractivity contribution in [1.29, 1.82) is 0 Å². The van der Waals surface area contributed by atoms with Crippen LogP contribution in [0.3, 0.4) is 0 Å². The van der Waals surface area contributed by atoms with E-state index in [2.05, 4.69) is 0 Å². The third kappa shape index (κ3) is 9.34. The minimum atomic E-state index is -2.86. The van der Waals surface area contributed by atoms with Crippen LogP contribution in [0.2, 0.25) is 0 Å². The summed E-state index contributed by atoms with van der Waals surface area (Å²) in [7, 11) is -2.86. The summed E-state index contributed by atoms with van der Waals surface area (Å²) in [6.07, 6.45) is 3.83.